The third kappa shape index (κ3) is 2.74. The molecule has 0 bridgehead atoms. The highest BCUT2D eigenvalue weighted by Gasteiger charge is 2.33. The average Bonchev–Trinajstić information content (AvgIpc) is 3.09. The smallest absolute Gasteiger partial charge is 0.227 e. The fourth-order valence-corrected chi connectivity index (χ4v) is 3.77. The van der Waals surface area contributed by atoms with Gasteiger partial charge in [-0.15, -0.1) is 0 Å². The number of piperazine rings is 1. The Hall–Kier alpha value is -2.44. The first-order chi connectivity index (χ1) is 11.7. The summed E-state index contributed by atoms with van der Waals surface area (Å²) in [7, 11) is 0. The lowest BCUT2D eigenvalue weighted by Gasteiger charge is -2.41. The van der Waals surface area contributed by atoms with Crippen LogP contribution in [-0.2, 0) is 17.8 Å². The zero-order valence-electron chi connectivity index (χ0n) is 13.9. The van der Waals surface area contributed by atoms with Crippen molar-refractivity contribution in [3.8, 4) is 0 Å². The van der Waals surface area contributed by atoms with Gasteiger partial charge in [0.05, 0.1) is 18.4 Å². The van der Waals surface area contributed by atoms with Crippen LogP contribution in [0.15, 0.2) is 31.1 Å². The molecule has 0 aromatic carbocycles. The molecule has 0 aliphatic carbocycles. The molecule has 2 aliphatic heterocycles. The Morgan fingerprint density at radius 1 is 1.17 bits per heavy atom. The van der Waals surface area contributed by atoms with E-state index in [0.717, 1.165) is 44.8 Å². The average molecular weight is 326 g/mol. The first-order valence-corrected chi connectivity index (χ1v) is 8.53. The maximum absolute atomic E-state index is 12.9. The summed E-state index contributed by atoms with van der Waals surface area (Å²) in [4.78, 5) is 29.9. The van der Waals surface area contributed by atoms with Gasteiger partial charge in [-0.05, 0) is 19.8 Å². The lowest BCUT2D eigenvalue weighted by molar-refractivity contribution is -0.137. The molecule has 2 unspecified atom stereocenters. The van der Waals surface area contributed by atoms with Crippen molar-refractivity contribution in [1.82, 2.24) is 24.4 Å². The third-order valence-corrected chi connectivity index (χ3v) is 5.10. The quantitative estimate of drug-likeness (QED) is 0.823. The van der Waals surface area contributed by atoms with Crippen molar-refractivity contribution in [3.63, 3.8) is 0 Å². The summed E-state index contributed by atoms with van der Waals surface area (Å²) >= 11 is 0. The van der Waals surface area contributed by atoms with Crippen LogP contribution in [0.2, 0.25) is 0 Å². The van der Waals surface area contributed by atoms with Gasteiger partial charge in [0.15, 0.2) is 0 Å². The Bertz CT molecular complexity index is 715. The summed E-state index contributed by atoms with van der Waals surface area (Å²) < 4.78 is 2.12. The number of anilines is 1. The molecule has 4 heterocycles. The van der Waals surface area contributed by atoms with Gasteiger partial charge in [-0.2, -0.15) is 0 Å². The highest BCUT2D eigenvalue weighted by molar-refractivity contribution is 5.79. The van der Waals surface area contributed by atoms with Gasteiger partial charge >= 0.3 is 0 Å². The highest BCUT2D eigenvalue weighted by Crippen LogP contribution is 2.24. The molecule has 2 aromatic heterocycles. The number of carbonyl (C=O) groups is 1. The van der Waals surface area contributed by atoms with Crippen molar-refractivity contribution in [2.24, 2.45) is 5.92 Å². The number of aromatic nitrogens is 4. The molecule has 0 N–H and O–H groups in total. The van der Waals surface area contributed by atoms with E-state index < -0.39 is 0 Å². The van der Waals surface area contributed by atoms with Gasteiger partial charge < -0.3 is 14.4 Å². The van der Waals surface area contributed by atoms with Crippen LogP contribution in [0.4, 0.5) is 5.82 Å². The normalized spacial score (nSPS) is 23.9. The van der Waals surface area contributed by atoms with E-state index in [1.807, 2.05) is 17.4 Å². The minimum absolute atomic E-state index is 0.0713. The van der Waals surface area contributed by atoms with Crippen molar-refractivity contribution >= 4 is 11.7 Å². The molecule has 0 saturated carbocycles. The van der Waals surface area contributed by atoms with E-state index in [1.165, 1.54) is 5.69 Å². The molecule has 1 fully saturated rings. The van der Waals surface area contributed by atoms with Crippen molar-refractivity contribution in [3.05, 3.63) is 36.8 Å². The molecule has 0 spiro atoms. The van der Waals surface area contributed by atoms with Crippen LogP contribution in [0.1, 0.15) is 19.0 Å². The Morgan fingerprint density at radius 3 is 2.88 bits per heavy atom. The number of fused-ring (bicyclic) bond motifs is 1. The zero-order chi connectivity index (χ0) is 16.5. The van der Waals surface area contributed by atoms with E-state index in [9.17, 15) is 4.79 Å². The van der Waals surface area contributed by atoms with E-state index in [2.05, 4.69) is 31.3 Å². The Balaban J connectivity index is 1.41. The largest absolute Gasteiger partial charge is 0.349 e. The van der Waals surface area contributed by atoms with E-state index in [1.54, 1.807) is 18.6 Å². The van der Waals surface area contributed by atoms with Gasteiger partial charge in [0, 0.05) is 56.5 Å². The van der Waals surface area contributed by atoms with E-state index in [0.29, 0.717) is 0 Å². The monoisotopic (exact) mass is 326 g/mol. The predicted octanol–water partition coefficient (Wildman–Crippen LogP) is 0.973. The molecule has 2 aliphatic rings. The fraction of sp³-hybridized carbons (Fsp3) is 0.529. The number of imidazole rings is 1. The zero-order valence-corrected chi connectivity index (χ0v) is 13.9. The fourth-order valence-electron chi connectivity index (χ4n) is 3.77. The second kappa shape index (κ2) is 6.22. The highest BCUT2D eigenvalue weighted by atomic mass is 16.2. The number of nitrogens with zero attached hydrogens (tertiary/aromatic N) is 6. The molecule has 1 amide bonds. The third-order valence-electron chi connectivity index (χ3n) is 5.10. The molecule has 7 nitrogen and oxygen atoms in total. The maximum Gasteiger partial charge on any atom is 0.227 e. The maximum atomic E-state index is 12.9. The van der Waals surface area contributed by atoms with Crippen molar-refractivity contribution < 1.29 is 4.79 Å². The second-order valence-electron chi connectivity index (χ2n) is 6.66. The Morgan fingerprint density at radius 2 is 2.08 bits per heavy atom. The lowest BCUT2D eigenvalue weighted by atomic mass is 9.96. The van der Waals surface area contributed by atoms with E-state index in [-0.39, 0.29) is 17.9 Å². The van der Waals surface area contributed by atoms with Crippen molar-refractivity contribution in [1.29, 1.82) is 0 Å². The van der Waals surface area contributed by atoms with E-state index >= 15 is 0 Å². The second-order valence-corrected chi connectivity index (χ2v) is 6.66. The standard InChI is InChI=1S/C17H22N6O/c1-13-10-21(6-7-23(13)16-9-18-4-5-20-16)17(24)14-2-3-15-8-19-12-22(15)11-14/h4-5,8-9,12-14H,2-3,6-7,10-11H2,1H3. The predicted molar refractivity (Wildman–Crippen MR) is 89.5 cm³/mol. The number of hydrogen-bond acceptors (Lipinski definition) is 5. The van der Waals surface area contributed by atoms with Gasteiger partial charge in [0.2, 0.25) is 5.91 Å². The van der Waals surface area contributed by atoms with Gasteiger partial charge in [-0.25, -0.2) is 9.97 Å². The van der Waals surface area contributed by atoms with E-state index in [4.69, 9.17) is 0 Å². The van der Waals surface area contributed by atoms with Gasteiger partial charge in [0.1, 0.15) is 5.82 Å². The minimum atomic E-state index is 0.0713. The van der Waals surface area contributed by atoms with Crippen LogP contribution in [0.3, 0.4) is 0 Å². The number of rotatable bonds is 2. The summed E-state index contributed by atoms with van der Waals surface area (Å²) in [5.41, 5.74) is 1.24. The van der Waals surface area contributed by atoms with Crippen LogP contribution in [0.5, 0.6) is 0 Å². The molecule has 1 saturated heterocycles. The molecule has 2 atom stereocenters. The van der Waals surface area contributed by atoms with Gasteiger partial charge in [-0.3, -0.25) is 9.78 Å². The first-order valence-electron chi connectivity index (χ1n) is 8.53. The van der Waals surface area contributed by atoms with Gasteiger partial charge in [-0.1, -0.05) is 0 Å². The van der Waals surface area contributed by atoms with Crippen LogP contribution in [0.25, 0.3) is 0 Å². The van der Waals surface area contributed by atoms with Crippen LogP contribution >= 0.6 is 0 Å². The minimum Gasteiger partial charge on any atom is -0.349 e. The van der Waals surface area contributed by atoms with Crippen LogP contribution in [0, 0.1) is 5.92 Å². The number of aryl methyl sites for hydroxylation is 1. The van der Waals surface area contributed by atoms with Crippen molar-refractivity contribution in [2.45, 2.75) is 32.4 Å². The summed E-state index contributed by atoms with van der Waals surface area (Å²) in [6.45, 7) is 5.18. The summed E-state index contributed by atoms with van der Waals surface area (Å²) in [5.74, 6) is 1.24. The summed E-state index contributed by atoms with van der Waals surface area (Å²) in [5, 5.41) is 0. The molecule has 126 valence electrons. The Kier molecular flexibility index (Phi) is 3.92. The molecule has 24 heavy (non-hydrogen) atoms. The van der Waals surface area contributed by atoms with Crippen LogP contribution < -0.4 is 4.90 Å². The molecular weight excluding hydrogens is 304 g/mol. The Labute approximate surface area is 141 Å². The van der Waals surface area contributed by atoms with Gasteiger partial charge in [0.25, 0.3) is 0 Å². The molecule has 4 rings (SSSR count). The summed E-state index contributed by atoms with van der Waals surface area (Å²) in [6, 6.07) is 0.242. The molecule has 2 aromatic rings. The summed E-state index contributed by atoms with van der Waals surface area (Å²) in [6.07, 6.45) is 10.8. The molecule has 0 radical (unpaired) electrons. The lowest BCUT2D eigenvalue weighted by Crippen LogP contribution is -2.55. The SMILES string of the molecule is CC1CN(C(=O)C2CCc3cncn3C2)CCN1c1cnccn1. The van der Waals surface area contributed by atoms with Crippen molar-refractivity contribution in [2.75, 3.05) is 24.5 Å². The molecule has 7 heteroatoms. The number of hydrogen-bond donors (Lipinski definition) is 0. The first kappa shape index (κ1) is 15.1. The number of carbonyl (C=O) groups excluding carboxylic acids is 1. The number of amides is 1. The van der Waals surface area contributed by atoms with Crippen LogP contribution in [-0.4, -0.2) is 56.0 Å². The molecular formula is C17H22N6O. The topological polar surface area (TPSA) is 67.2 Å².